The maximum absolute atomic E-state index is 9.86. The molecule has 1 aromatic carbocycles. The Hall–Kier alpha value is -1.40. The smallest absolute Gasteiger partial charge is 0.124 e. The van der Waals surface area contributed by atoms with Gasteiger partial charge >= 0.3 is 0 Å². The number of aliphatic imine (C=N–C) groups is 1. The number of phenols is 1. The summed E-state index contributed by atoms with van der Waals surface area (Å²) in [5.74, 6) is 0.192. The van der Waals surface area contributed by atoms with E-state index in [4.69, 9.17) is 16.3 Å². The van der Waals surface area contributed by atoms with E-state index in [1.807, 2.05) is 0 Å². The molecule has 0 unspecified atom stereocenters. The van der Waals surface area contributed by atoms with Crippen molar-refractivity contribution in [2.75, 3.05) is 32.8 Å². The van der Waals surface area contributed by atoms with Crippen LogP contribution in [0.3, 0.4) is 0 Å². The van der Waals surface area contributed by atoms with Crippen LogP contribution in [0.5, 0.6) is 5.75 Å². The second kappa shape index (κ2) is 7.93. The molecule has 1 atom stereocenters. The molecule has 2 aromatic rings. The number of ether oxygens (including phenoxy) is 1. The van der Waals surface area contributed by atoms with Crippen molar-refractivity contribution >= 4 is 29.2 Å². The summed E-state index contributed by atoms with van der Waals surface area (Å²) < 4.78 is 5.45. The standard InChI is InChI=1S/C17H19ClN2O2S/c18-14-3-4-16(21)13(10-14)11-19-12-15(17-2-1-9-23-17)20-5-7-22-8-6-20/h1-4,9-11,15,21H,5-8,12H2/t15-/m0/s1. The summed E-state index contributed by atoms with van der Waals surface area (Å²) in [5.41, 5.74) is 0.643. The Morgan fingerprint density at radius 2 is 2.17 bits per heavy atom. The number of rotatable bonds is 5. The number of hydrogen-bond acceptors (Lipinski definition) is 5. The minimum Gasteiger partial charge on any atom is -0.507 e. The van der Waals surface area contributed by atoms with Crippen molar-refractivity contribution in [3.63, 3.8) is 0 Å². The third kappa shape index (κ3) is 4.32. The summed E-state index contributed by atoms with van der Waals surface area (Å²) in [6, 6.07) is 9.43. The number of thiophene rings is 1. The summed E-state index contributed by atoms with van der Waals surface area (Å²) >= 11 is 7.72. The molecule has 1 saturated heterocycles. The van der Waals surface area contributed by atoms with Crippen molar-refractivity contribution in [1.29, 1.82) is 0 Å². The number of halogens is 1. The molecule has 0 spiro atoms. The highest BCUT2D eigenvalue weighted by molar-refractivity contribution is 7.10. The van der Waals surface area contributed by atoms with Gasteiger partial charge in [-0.1, -0.05) is 17.7 Å². The number of phenolic OH excluding ortho intramolecular Hbond substituents is 1. The zero-order chi connectivity index (χ0) is 16.1. The summed E-state index contributed by atoms with van der Waals surface area (Å²) in [5, 5.41) is 12.5. The van der Waals surface area contributed by atoms with Crippen molar-refractivity contribution in [3.05, 3.63) is 51.2 Å². The molecule has 0 aliphatic carbocycles. The minimum atomic E-state index is 0.192. The number of morpholine rings is 1. The first-order valence-corrected chi connectivity index (χ1v) is 8.83. The molecule has 3 rings (SSSR count). The number of hydrogen-bond donors (Lipinski definition) is 1. The van der Waals surface area contributed by atoms with E-state index < -0.39 is 0 Å². The highest BCUT2D eigenvalue weighted by atomic mass is 35.5. The van der Waals surface area contributed by atoms with Crippen molar-refractivity contribution in [1.82, 2.24) is 4.90 Å². The molecule has 23 heavy (non-hydrogen) atoms. The largest absolute Gasteiger partial charge is 0.507 e. The van der Waals surface area contributed by atoms with Crippen molar-refractivity contribution < 1.29 is 9.84 Å². The lowest BCUT2D eigenvalue weighted by atomic mass is 10.2. The second-order valence-corrected chi connectivity index (χ2v) is 6.79. The molecule has 2 heterocycles. The zero-order valence-corrected chi connectivity index (χ0v) is 14.3. The predicted molar refractivity (Wildman–Crippen MR) is 95.0 cm³/mol. The van der Waals surface area contributed by atoms with Crippen LogP contribution in [0.15, 0.2) is 40.7 Å². The number of nitrogens with zero attached hydrogens (tertiary/aromatic N) is 2. The van der Waals surface area contributed by atoms with Gasteiger partial charge in [0.2, 0.25) is 0 Å². The molecule has 1 aromatic heterocycles. The Balaban J connectivity index is 1.73. The number of aromatic hydroxyl groups is 1. The third-order valence-electron chi connectivity index (χ3n) is 3.86. The Kier molecular flexibility index (Phi) is 5.67. The van der Waals surface area contributed by atoms with E-state index >= 15 is 0 Å². The van der Waals surface area contributed by atoms with Crippen LogP contribution in [-0.2, 0) is 4.74 Å². The molecule has 1 N–H and O–H groups in total. The molecule has 0 saturated carbocycles. The fourth-order valence-electron chi connectivity index (χ4n) is 2.64. The van der Waals surface area contributed by atoms with Gasteiger partial charge < -0.3 is 9.84 Å². The molecule has 0 bridgehead atoms. The zero-order valence-electron chi connectivity index (χ0n) is 12.7. The van der Waals surface area contributed by atoms with Gasteiger partial charge in [0.15, 0.2) is 0 Å². The Morgan fingerprint density at radius 3 is 2.91 bits per heavy atom. The lowest BCUT2D eigenvalue weighted by Gasteiger charge is -2.33. The van der Waals surface area contributed by atoms with Crippen molar-refractivity contribution in [2.45, 2.75) is 6.04 Å². The van der Waals surface area contributed by atoms with E-state index in [1.165, 1.54) is 4.88 Å². The summed E-state index contributed by atoms with van der Waals surface area (Å²) in [7, 11) is 0. The average Bonchev–Trinajstić information content (AvgIpc) is 3.09. The molecule has 0 radical (unpaired) electrons. The monoisotopic (exact) mass is 350 g/mol. The lowest BCUT2D eigenvalue weighted by Crippen LogP contribution is -2.39. The van der Waals surface area contributed by atoms with Crippen LogP contribution in [0.4, 0.5) is 0 Å². The van der Waals surface area contributed by atoms with Crippen LogP contribution in [0.1, 0.15) is 16.5 Å². The lowest BCUT2D eigenvalue weighted by molar-refractivity contribution is 0.0187. The van der Waals surface area contributed by atoms with Gasteiger partial charge in [0.1, 0.15) is 5.75 Å². The van der Waals surface area contributed by atoms with E-state index in [-0.39, 0.29) is 11.8 Å². The minimum absolute atomic E-state index is 0.192. The van der Waals surface area contributed by atoms with Gasteiger partial charge in [-0.3, -0.25) is 9.89 Å². The first-order chi connectivity index (χ1) is 11.2. The highest BCUT2D eigenvalue weighted by Crippen LogP contribution is 2.26. The van der Waals surface area contributed by atoms with Gasteiger partial charge in [0.25, 0.3) is 0 Å². The van der Waals surface area contributed by atoms with Gasteiger partial charge in [-0.05, 0) is 29.6 Å². The van der Waals surface area contributed by atoms with Crippen LogP contribution in [0.2, 0.25) is 5.02 Å². The van der Waals surface area contributed by atoms with Gasteiger partial charge in [-0.25, -0.2) is 0 Å². The van der Waals surface area contributed by atoms with Gasteiger partial charge in [-0.2, -0.15) is 0 Å². The topological polar surface area (TPSA) is 45.1 Å². The predicted octanol–water partition coefficient (Wildman–Crippen LogP) is 3.60. The normalized spacial score (nSPS) is 17.6. The highest BCUT2D eigenvalue weighted by Gasteiger charge is 2.22. The molecular weight excluding hydrogens is 332 g/mol. The molecule has 1 aliphatic rings. The van der Waals surface area contributed by atoms with Crippen LogP contribution in [0, 0.1) is 0 Å². The Labute approximate surface area is 145 Å². The molecule has 4 nitrogen and oxygen atoms in total. The number of benzene rings is 1. The van der Waals surface area contributed by atoms with Crippen LogP contribution >= 0.6 is 22.9 Å². The van der Waals surface area contributed by atoms with Crippen LogP contribution in [-0.4, -0.2) is 49.1 Å². The fourth-order valence-corrected chi connectivity index (χ4v) is 3.67. The van der Waals surface area contributed by atoms with E-state index in [0.29, 0.717) is 17.1 Å². The van der Waals surface area contributed by atoms with E-state index in [9.17, 15) is 5.11 Å². The molecule has 122 valence electrons. The Bertz CT molecular complexity index is 655. The molecule has 1 fully saturated rings. The fraction of sp³-hybridized carbons (Fsp3) is 0.353. The molecule has 6 heteroatoms. The second-order valence-electron chi connectivity index (χ2n) is 5.38. The van der Waals surface area contributed by atoms with Gasteiger partial charge in [0.05, 0.1) is 25.8 Å². The van der Waals surface area contributed by atoms with E-state index in [0.717, 1.165) is 26.3 Å². The van der Waals surface area contributed by atoms with Crippen LogP contribution in [0.25, 0.3) is 0 Å². The van der Waals surface area contributed by atoms with Crippen molar-refractivity contribution in [2.24, 2.45) is 4.99 Å². The average molecular weight is 351 g/mol. The SMILES string of the molecule is Oc1ccc(Cl)cc1C=NC[C@@H](c1cccs1)N1CCOCC1. The van der Waals surface area contributed by atoms with E-state index in [1.54, 1.807) is 35.8 Å². The summed E-state index contributed by atoms with van der Waals surface area (Å²) in [6.07, 6.45) is 1.70. The van der Waals surface area contributed by atoms with Gasteiger partial charge in [-0.15, -0.1) is 11.3 Å². The Morgan fingerprint density at radius 1 is 1.35 bits per heavy atom. The van der Waals surface area contributed by atoms with E-state index in [2.05, 4.69) is 27.4 Å². The molecular formula is C17H19ClN2O2S. The quantitative estimate of drug-likeness (QED) is 0.838. The first-order valence-electron chi connectivity index (χ1n) is 7.57. The van der Waals surface area contributed by atoms with Crippen molar-refractivity contribution in [3.8, 4) is 5.75 Å². The van der Waals surface area contributed by atoms with Gasteiger partial charge in [0, 0.05) is 34.8 Å². The maximum Gasteiger partial charge on any atom is 0.124 e. The summed E-state index contributed by atoms with van der Waals surface area (Å²) in [6.45, 7) is 4.01. The molecule has 1 aliphatic heterocycles. The molecule has 0 amide bonds. The van der Waals surface area contributed by atoms with Crippen LogP contribution < -0.4 is 0 Å². The third-order valence-corrected chi connectivity index (χ3v) is 5.06. The first kappa shape index (κ1) is 16.5. The summed E-state index contributed by atoms with van der Waals surface area (Å²) in [4.78, 5) is 8.27. The maximum atomic E-state index is 9.86.